The van der Waals surface area contributed by atoms with E-state index in [0.717, 1.165) is 10.0 Å². The van der Waals surface area contributed by atoms with Crippen molar-refractivity contribution >= 4 is 27.7 Å². The van der Waals surface area contributed by atoms with Crippen LogP contribution in [0.25, 0.3) is 0 Å². The summed E-state index contributed by atoms with van der Waals surface area (Å²) in [6, 6.07) is 5.55. The molecule has 0 aliphatic carbocycles. The van der Waals surface area contributed by atoms with Crippen LogP contribution in [0.3, 0.4) is 0 Å². The molecule has 0 spiro atoms. The van der Waals surface area contributed by atoms with E-state index in [9.17, 15) is 9.59 Å². The zero-order valence-corrected chi connectivity index (χ0v) is 13.0. The number of nitrogens with one attached hydrogen (secondary N) is 2. The second kappa shape index (κ2) is 7.28. The van der Waals surface area contributed by atoms with Crippen molar-refractivity contribution in [2.24, 2.45) is 0 Å². The van der Waals surface area contributed by atoms with Crippen LogP contribution in [0.5, 0.6) is 0 Å². The summed E-state index contributed by atoms with van der Waals surface area (Å²) in [5, 5.41) is 5.50. The second-order valence-electron chi connectivity index (χ2n) is 4.69. The van der Waals surface area contributed by atoms with E-state index in [2.05, 4.69) is 26.6 Å². The predicted molar refractivity (Wildman–Crippen MR) is 79.1 cm³/mol. The number of benzene rings is 1. The monoisotopic (exact) mass is 326 g/mol. The molecule has 2 N–H and O–H groups in total. The lowest BCUT2D eigenvalue weighted by Gasteiger charge is -2.09. The van der Waals surface area contributed by atoms with Gasteiger partial charge in [0.05, 0.1) is 0 Å². The minimum atomic E-state index is -0.168. The van der Waals surface area contributed by atoms with Gasteiger partial charge in [-0.2, -0.15) is 0 Å². The Morgan fingerprint density at radius 2 is 2.00 bits per heavy atom. The topological polar surface area (TPSA) is 58.2 Å². The molecule has 0 saturated carbocycles. The van der Waals surface area contributed by atoms with Gasteiger partial charge in [-0.25, -0.2) is 0 Å². The first kappa shape index (κ1) is 15.7. The Labute approximate surface area is 122 Å². The fraction of sp³-hybridized carbons (Fsp3) is 0.429. The predicted octanol–water partition coefficient (Wildman–Crippen LogP) is 2.40. The molecule has 2 amide bonds. The number of carbonyl (C=O) groups excluding carboxylic acids is 2. The van der Waals surface area contributed by atoms with Crippen LogP contribution in [-0.4, -0.2) is 24.4 Å². The fourth-order valence-corrected chi connectivity index (χ4v) is 1.90. The largest absolute Gasteiger partial charge is 0.354 e. The lowest BCUT2D eigenvalue weighted by Crippen LogP contribution is -2.34. The third-order valence-electron chi connectivity index (χ3n) is 2.52. The average Bonchev–Trinajstić information content (AvgIpc) is 2.31. The number of amides is 2. The van der Waals surface area contributed by atoms with Gasteiger partial charge in [0.25, 0.3) is 5.91 Å². The van der Waals surface area contributed by atoms with E-state index in [1.54, 1.807) is 12.1 Å². The molecular formula is C14H19BrN2O2. The molecule has 5 heteroatoms. The quantitative estimate of drug-likeness (QED) is 0.872. The van der Waals surface area contributed by atoms with E-state index in [4.69, 9.17) is 0 Å². The van der Waals surface area contributed by atoms with Gasteiger partial charge in [-0.3, -0.25) is 9.59 Å². The van der Waals surface area contributed by atoms with Gasteiger partial charge < -0.3 is 10.6 Å². The van der Waals surface area contributed by atoms with Gasteiger partial charge in [-0.05, 0) is 38.5 Å². The SMILES string of the molecule is Cc1ccc(C(=O)NCCC(=O)NC(C)C)cc1Br. The zero-order valence-electron chi connectivity index (χ0n) is 11.4. The lowest BCUT2D eigenvalue weighted by molar-refractivity contribution is -0.121. The van der Waals surface area contributed by atoms with E-state index in [1.807, 2.05) is 26.8 Å². The van der Waals surface area contributed by atoms with E-state index in [1.165, 1.54) is 0 Å². The van der Waals surface area contributed by atoms with Gasteiger partial charge in [-0.15, -0.1) is 0 Å². The first-order valence-electron chi connectivity index (χ1n) is 6.24. The van der Waals surface area contributed by atoms with Crippen molar-refractivity contribution in [2.75, 3.05) is 6.54 Å². The van der Waals surface area contributed by atoms with E-state index in [-0.39, 0.29) is 24.3 Å². The normalized spacial score (nSPS) is 10.4. The van der Waals surface area contributed by atoms with Gasteiger partial charge in [-0.1, -0.05) is 22.0 Å². The Morgan fingerprint density at radius 1 is 1.32 bits per heavy atom. The van der Waals surface area contributed by atoms with Crippen molar-refractivity contribution in [1.82, 2.24) is 10.6 Å². The molecule has 0 unspecified atom stereocenters. The Morgan fingerprint density at radius 3 is 2.58 bits per heavy atom. The molecule has 1 aromatic rings. The molecule has 19 heavy (non-hydrogen) atoms. The maximum Gasteiger partial charge on any atom is 0.251 e. The molecule has 0 aliphatic rings. The first-order chi connectivity index (χ1) is 8.90. The molecular weight excluding hydrogens is 308 g/mol. The number of halogens is 1. The Kier molecular flexibility index (Phi) is 6.02. The molecule has 0 heterocycles. The number of hydrogen-bond acceptors (Lipinski definition) is 2. The van der Waals surface area contributed by atoms with Crippen LogP contribution in [-0.2, 0) is 4.79 Å². The summed E-state index contributed by atoms with van der Waals surface area (Å²) in [6.07, 6.45) is 0.289. The van der Waals surface area contributed by atoms with Crippen LogP contribution in [0.15, 0.2) is 22.7 Å². The number of aryl methyl sites for hydroxylation is 1. The summed E-state index contributed by atoms with van der Waals surface area (Å²) in [5.41, 5.74) is 1.66. The summed E-state index contributed by atoms with van der Waals surface area (Å²) in [7, 11) is 0. The van der Waals surface area contributed by atoms with Crippen molar-refractivity contribution in [3.05, 3.63) is 33.8 Å². The molecule has 0 aliphatic heterocycles. The van der Waals surface area contributed by atoms with Crippen LogP contribution in [0, 0.1) is 6.92 Å². The molecule has 1 rings (SSSR count). The lowest BCUT2D eigenvalue weighted by atomic mass is 10.1. The van der Waals surface area contributed by atoms with E-state index >= 15 is 0 Å². The van der Waals surface area contributed by atoms with Crippen molar-refractivity contribution in [3.63, 3.8) is 0 Å². The standard InChI is InChI=1S/C14H19BrN2O2/c1-9(2)17-13(18)6-7-16-14(19)11-5-4-10(3)12(15)8-11/h4-5,8-9H,6-7H2,1-3H3,(H,16,19)(H,17,18). The maximum atomic E-state index is 11.8. The zero-order chi connectivity index (χ0) is 14.4. The Bertz CT molecular complexity index is 473. The smallest absolute Gasteiger partial charge is 0.251 e. The molecule has 0 saturated heterocycles. The summed E-state index contributed by atoms with van der Waals surface area (Å²) in [4.78, 5) is 23.2. The highest BCUT2D eigenvalue weighted by Crippen LogP contribution is 2.17. The maximum absolute atomic E-state index is 11.8. The van der Waals surface area contributed by atoms with Crippen LogP contribution in [0.1, 0.15) is 36.2 Å². The van der Waals surface area contributed by atoms with Gasteiger partial charge in [0, 0.05) is 29.0 Å². The van der Waals surface area contributed by atoms with Gasteiger partial charge in [0.1, 0.15) is 0 Å². The van der Waals surface area contributed by atoms with Crippen LogP contribution >= 0.6 is 15.9 Å². The van der Waals surface area contributed by atoms with E-state index in [0.29, 0.717) is 12.1 Å². The second-order valence-corrected chi connectivity index (χ2v) is 5.55. The molecule has 0 bridgehead atoms. The third kappa shape index (κ3) is 5.42. The third-order valence-corrected chi connectivity index (χ3v) is 3.38. The van der Waals surface area contributed by atoms with Crippen molar-refractivity contribution in [1.29, 1.82) is 0 Å². The Balaban J connectivity index is 2.43. The summed E-state index contributed by atoms with van der Waals surface area (Å²) in [5.74, 6) is -0.224. The minimum absolute atomic E-state index is 0.0552. The van der Waals surface area contributed by atoms with Crippen LogP contribution < -0.4 is 10.6 Å². The summed E-state index contributed by atoms with van der Waals surface area (Å²) >= 11 is 3.39. The van der Waals surface area contributed by atoms with Crippen molar-refractivity contribution in [3.8, 4) is 0 Å². The highest BCUT2D eigenvalue weighted by molar-refractivity contribution is 9.10. The van der Waals surface area contributed by atoms with Gasteiger partial charge in [0.2, 0.25) is 5.91 Å². The average molecular weight is 327 g/mol. The summed E-state index contributed by atoms with van der Waals surface area (Å²) < 4.78 is 0.901. The highest BCUT2D eigenvalue weighted by atomic mass is 79.9. The molecule has 104 valence electrons. The van der Waals surface area contributed by atoms with Crippen molar-refractivity contribution in [2.45, 2.75) is 33.2 Å². The van der Waals surface area contributed by atoms with Crippen LogP contribution in [0.4, 0.5) is 0 Å². The van der Waals surface area contributed by atoms with Gasteiger partial charge in [0.15, 0.2) is 0 Å². The van der Waals surface area contributed by atoms with E-state index < -0.39 is 0 Å². The molecule has 0 atom stereocenters. The van der Waals surface area contributed by atoms with Gasteiger partial charge >= 0.3 is 0 Å². The molecule has 0 aromatic heterocycles. The van der Waals surface area contributed by atoms with Crippen molar-refractivity contribution < 1.29 is 9.59 Å². The summed E-state index contributed by atoms with van der Waals surface area (Å²) in [6.45, 7) is 6.10. The number of carbonyl (C=O) groups is 2. The molecule has 0 fully saturated rings. The molecule has 1 aromatic carbocycles. The molecule has 0 radical (unpaired) electrons. The Hall–Kier alpha value is -1.36. The molecule has 4 nitrogen and oxygen atoms in total. The minimum Gasteiger partial charge on any atom is -0.354 e. The number of hydrogen-bond donors (Lipinski definition) is 2. The highest BCUT2D eigenvalue weighted by Gasteiger charge is 2.08. The van der Waals surface area contributed by atoms with Crippen LogP contribution in [0.2, 0.25) is 0 Å². The fourth-order valence-electron chi connectivity index (χ4n) is 1.52. The number of rotatable bonds is 5. The first-order valence-corrected chi connectivity index (χ1v) is 7.03.